The fourth-order valence-corrected chi connectivity index (χ4v) is 7.46. The van der Waals surface area contributed by atoms with Crippen LogP contribution in [0.15, 0.2) is 84.9 Å². The molecule has 1 aliphatic rings. The highest BCUT2D eigenvalue weighted by molar-refractivity contribution is 5.89. The minimum absolute atomic E-state index is 0.955. The molecule has 4 nitrogen and oxygen atoms in total. The number of benzene rings is 4. The Hall–Kier alpha value is -4.12. The zero-order chi connectivity index (χ0) is 31.2. The summed E-state index contributed by atoms with van der Waals surface area (Å²) in [4.78, 5) is 5.35. The highest BCUT2D eigenvalue weighted by atomic mass is 15.2. The average Bonchev–Trinajstić information content (AvgIpc) is 3.50. The number of hydrogen-bond acceptors (Lipinski definition) is 2. The topological polar surface area (TPSA) is 16.3 Å². The Kier molecular flexibility index (Phi) is 7.89. The molecule has 2 aromatic heterocycles. The van der Waals surface area contributed by atoms with Gasteiger partial charge in [0.05, 0.1) is 11.0 Å². The van der Waals surface area contributed by atoms with E-state index in [1.165, 1.54) is 84.4 Å². The first kappa shape index (κ1) is 29.6. The molecule has 0 amide bonds. The molecule has 0 saturated carbocycles. The highest BCUT2D eigenvalue weighted by Crippen LogP contribution is 2.33. The molecule has 3 heterocycles. The Morgan fingerprint density at radius 1 is 0.467 bits per heavy atom. The van der Waals surface area contributed by atoms with Crippen LogP contribution in [0.2, 0.25) is 0 Å². The van der Waals surface area contributed by atoms with E-state index in [0.29, 0.717) is 0 Å². The van der Waals surface area contributed by atoms with Crippen LogP contribution >= 0.6 is 0 Å². The third-order valence-corrected chi connectivity index (χ3v) is 10.5. The molecule has 4 heteroatoms. The Morgan fingerprint density at radius 2 is 0.867 bits per heavy atom. The van der Waals surface area contributed by atoms with E-state index in [0.717, 1.165) is 39.3 Å². The first-order valence-electron chi connectivity index (χ1n) is 16.6. The number of hydrogen-bond donors (Lipinski definition) is 0. The van der Waals surface area contributed by atoms with Crippen LogP contribution in [-0.2, 0) is 13.1 Å². The molecule has 1 saturated heterocycles. The van der Waals surface area contributed by atoms with Gasteiger partial charge in [0.2, 0.25) is 0 Å². The maximum Gasteiger partial charge on any atom is 0.0537 e. The van der Waals surface area contributed by atoms with Gasteiger partial charge in [-0.3, -0.25) is 9.80 Å². The van der Waals surface area contributed by atoms with E-state index in [4.69, 9.17) is 0 Å². The number of aromatic nitrogens is 2. The Bertz CT molecular complexity index is 1850. The minimum Gasteiger partial charge on any atom is -0.312 e. The van der Waals surface area contributed by atoms with Crippen molar-refractivity contribution in [2.24, 2.45) is 0 Å². The molecule has 0 unspecified atom stereocenters. The van der Waals surface area contributed by atoms with Crippen molar-refractivity contribution >= 4 is 21.8 Å². The normalized spacial score (nSPS) is 14.9. The largest absolute Gasteiger partial charge is 0.312 e. The number of fused-ring (bicyclic) bond motifs is 2. The van der Waals surface area contributed by atoms with Gasteiger partial charge in [0.15, 0.2) is 0 Å². The van der Waals surface area contributed by atoms with Crippen LogP contribution < -0.4 is 0 Å². The summed E-state index contributed by atoms with van der Waals surface area (Å²) in [6, 6.07) is 31.5. The molecule has 0 radical (unpaired) electrons. The smallest absolute Gasteiger partial charge is 0.0537 e. The number of nitrogens with zero attached hydrogens (tertiary/aromatic N) is 4. The number of aryl methyl sites for hydroxylation is 4. The van der Waals surface area contributed by atoms with Crippen molar-refractivity contribution in [3.05, 3.63) is 130 Å². The maximum atomic E-state index is 2.67. The van der Waals surface area contributed by atoms with Gasteiger partial charge in [-0.2, -0.15) is 0 Å². The first-order valence-corrected chi connectivity index (χ1v) is 16.6. The van der Waals surface area contributed by atoms with Gasteiger partial charge in [-0.15, -0.1) is 0 Å². The summed E-state index contributed by atoms with van der Waals surface area (Å²) < 4.78 is 5.00. The van der Waals surface area contributed by atoms with E-state index >= 15 is 0 Å². The molecule has 45 heavy (non-hydrogen) atoms. The van der Waals surface area contributed by atoms with Crippen LogP contribution in [0.5, 0.6) is 0 Å². The van der Waals surface area contributed by atoms with E-state index in [1.807, 2.05) is 0 Å². The van der Waals surface area contributed by atoms with Crippen LogP contribution in [0.25, 0.3) is 33.2 Å². The predicted molar refractivity (Wildman–Crippen MR) is 190 cm³/mol. The Morgan fingerprint density at radius 3 is 1.27 bits per heavy atom. The molecular formula is C41H46N4. The van der Waals surface area contributed by atoms with Gasteiger partial charge in [-0.05, 0) is 143 Å². The highest BCUT2D eigenvalue weighted by Gasteiger charge is 2.22. The minimum atomic E-state index is 0.955. The zero-order valence-corrected chi connectivity index (χ0v) is 27.8. The van der Waals surface area contributed by atoms with Gasteiger partial charge in [0.25, 0.3) is 0 Å². The summed E-state index contributed by atoms with van der Waals surface area (Å²) in [5, 5.41) is 2.76. The molecular weight excluding hydrogens is 548 g/mol. The van der Waals surface area contributed by atoms with Gasteiger partial charge in [-0.1, -0.05) is 36.4 Å². The summed E-state index contributed by atoms with van der Waals surface area (Å²) in [7, 11) is 0. The lowest BCUT2D eigenvalue weighted by Crippen LogP contribution is -2.31. The van der Waals surface area contributed by atoms with Gasteiger partial charge in [0.1, 0.15) is 0 Å². The fraction of sp³-hybridized carbons (Fsp3) is 0.317. The third kappa shape index (κ3) is 5.41. The molecule has 0 N–H and O–H groups in total. The van der Waals surface area contributed by atoms with Crippen LogP contribution in [0.1, 0.15) is 51.2 Å². The van der Waals surface area contributed by atoms with Gasteiger partial charge in [0, 0.05) is 59.7 Å². The van der Waals surface area contributed by atoms with E-state index in [2.05, 4.69) is 145 Å². The SMILES string of the molecule is Cc1cc2c(cc(CN3CCCN(Cc4cc5c(C)c(C)c(C)cc5n4-c4ccccc4)CC3)n2-c2ccccc2)c(C)c1C. The first-order chi connectivity index (χ1) is 21.8. The molecule has 6 aromatic rings. The lowest BCUT2D eigenvalue weighted by atomic mass is 10.0. The van der Waals surface area contributed by atoms with Crippen LogP contribution in [0, 0.1) is 41.5 Å². The van der Waals surface area contributed by atoms with Crippen molar-refractivity contribution < 1.29 is 0 Å². The summed E-state index contributed by atoms with van der Waals surface area (Å²) in [6.45, 7) is 19.8. The summed E-state index contributed by atoms with van der Waals surface area (Å²) in [6.07, 6.45) is 1.17. The second-order valence-corrected chi connectivity index (χ2v) is 13.3. The second kappa shape index (κ2) is 12.0. The van der Waals surface area contributed by atoms with E-state index in [-0.39, 0.29) is 0 Å². The van der Waals surface area contributed by atoms with Crippen molar-refractivity contribution in [2.45, 2.75) is 61.1 Å². The number of para-hydroxylation sites is 2. The van der Waals surface area contributed by atoms with Crippen LogP contribution in [0.4, 0.5) is 0 Å². The zero-order valence-electron chi connectivity index (χ0n) is 27.8. The van der Waals surface area contributed by atoms with Gasteiger partial charge >= 0.3 is 0 Å². The second-order valence-electron chi connectivity index (χ2n) is 13.3. The fourth-order valence-electron chi connectivity index (χ4n) is 7.46. The lowest BCUT2D eigenvalue weighted by molar-refractivity contribution is 0.243. The van der Waals surface area contributed by atoms with Crippen LogP contribution in [-0.4, -0.2) is 45.1 Å². The Balaban J connectivity index is 1.17. The van der Waals surface area contributed by atoms with E-state index in [1.54, 1.807) is 0 Å². The summed E-state index contributed by atoms with van der Waals surface area (Å²) >= 11 is 0. The lowest BCUT2D eigenvalue weighted by Gasteiger charge is -2.23. The van der Waals surface area contributed by atoms with Crippen molar-refractivity contribution in [2.75, 3.05) is 26.2 Å². The molecule has 0 bridgehead atoms. The average molecular weight is 595 g/mol. The molecule has 0 atom stereocenters. The standard InChI is InChI=1S/C41H46N4/c1-28-22-40-38(32(5)30(28)3)24-36(44(40)34-14-9-7-10-15-34)26-42-18-13-19-43(21-20-42)27-37-25-39-33(6)31(4)29(2)23-41(39)45(37)35-16-11-8-12-17-35/h7-12,14-17,22-25H,13,18-21,26-27H2,1-6H3. The van der Waals surface area contributed by atoms with Gasteiger partial charge < -0.3 is 9.13 Å². The summed E-state index contributed by atoms with van der Waals surface area (Å²) in [5.74, 6) is 0. The molecule has 0 aliphatic carbocycles. The van der Waals surface area contributed by atoms with Crippen LogP contribution in [0.3, 0.4) is 0 Å². The monoisotopic (exact) mass is 594 g/mol. The van der Waals surface area contributed by atoms with Crippen molar-refractivity contribution in [3.8, 4) is 11.4 Å². The van der Waals surface area contributed by atoms with E-state index < -0.39 is 0 Å². The van der Waals surface area contributed by atoms with Crippen molar-refractivity contribution in [1.29, 1.82) is 0 Å². The third-order valence-electron chi connectivity index (χ3n) is 10.5. The molecule has 1 aliphatic heterocycles. The number of rotatable bonds is 6. The van der Waals surface area contributed by atoms with Crippen molar-refractivity contribution in [1.82, 2.24) is 18.9 Å². The van der Waals surface area contributed by atoms with Crippen molar-refractivity contribution in [3.63, 3.8) is 0 Å². The maximum absolute atomic E-state index is 2.67. The quantitative estimate of drug-likeness (QED) is 0.191. The molecule has 7 rings (SSSR count). The summed E-state index contributed by atoms with van der Waals surface area (Å²) in [5.41, 5.74) is 16.2. The molecule has 230 valence electrons. The van der Waals surface area contributed by atoms with Gasteiger partial charge in [-0.25, -0.2) is 0 Å². The predicted octanol–water partition coefficient (Wildman–Crippen LogP) is 9.13. The van der Waals surface area contributed by atoms with E-state index in [9.17, 15) is 0 Å². The Labute approximate surface area is 268 Å². The molecule has 1 fully saturated rings. The molecule has 4 aromatic carbocycles. The molecule has 0 spiro atoms.